The first-order valence-corrected chi connectivity index (χ1v) is 8.08. The Morgan fingerprint density at radius 1 is 1.00 bits per heavy atom. The van der Waals surface area contributed by atoms with Crippen LogP contribution in [-0.4, -0.2) is 30.8 Å². The molecule has 120 valence electrons. The highest BCUT2D eigenvalue weighted by molar-refractivity contribution is 9.10. The molecule has 0 aliphatic carbocycles. The van der Waals surface area contributed by atoms with E-state index in [1.807, 2.05) is 36.4 Å². The second kappa shape index (κ2) is 7.92. The standard InChI is InChI=1S/C18H19BrN2O2/c1-20-18(23)15-7-3-14(4-8-15)12-21(2)17(22)11-13-5-9-16(19)10-6-13/h3-10H,11-12H2,1-2H3,(H,20,23). The molecule has 0 heterocycles. The van der Waals surface area contributed by atoms with Crippen LogP contribution in [-0.2, 0) is 17.8 Å². The molecule has 5 heteroatoms. The van der Waals surface area contributed by atoms with Crippen LogP contribution in [0.3, 0.4) is 0 Å². The van der Waals surface area contributed by atoms with Gasteiger partial charge in [0.15, 0.2) is 0 Å². The summed E-state index contributed by atoms with van der Waals surface area (Å²) in [4.78, 5) is 25.5. The topological polar surface area (TPSA) is 49.4 Å². The number of carbonyl (C=O) groups is 2. The number of hydrogen-bond acceptors (Lipinski definition) is 2. The highest BCUT2D eigenvalue weighted by atomic mass is 79.9. The van der Waals surface area contributed by atoms with Crippen molar-refractivity contribution in [2.45, 2.75) is 13.0 Å². The predicted molar refractivity (Wildman–Crippen MR) is 94.2 cm³/mol. The van der Waals surface area contributed by atoms with Crippen LogP contribution in [0.15, 0.2) is 53.0 Å². The number of nitrogens with one attached hydrogen (secondary N) is 1. The quantitative estimate of drug-likeness (QED) is 0.874. The van der Waals surface area contributed by atoms with Crippen LogP contribution < -0.4 is 5.32 Å². The molecule has 2 aromatic carbocycles. The lowest BCUT2D eigenvalue weighted by atomic mass is 10.1. The van der Waals surface area contributed by atoms with Crippen LogP contribution in [0.1, 0.15) is 21.5 Å². The summed E-state index contributed by atoms with van der Waals surface area (Å²) in [6.07, 6.45) is 0.375. The third-order valence-electron chi connectivity index (χ3n) is 3.56. The molecule has 0 aliphatic rings. The predicted octanol–water partition coefficient (Wildman–Crippen LogP) is 3.01. The minimum atomic E-state index is -0.115. The Labute approximate surface area is 144 Å². The Kier molecular flexibility index (Phi) is 5.93. The van der Waals surface area contributed by atoms with E-state index in [1.165, 1.54) is 0 Å². The van der Waals surface area contributed by atoms with E-state index in [0.29, 0.717) is 18.5 Å². The van der Waals surface area contributed by atoms with Crippen LogP contribution in [0, 0.1) is 0 Å². The van der Waals surface area contributed by atoms with E-state index in [4.69, 9.17) is 0 Å². The van der Waals surface area contributed by atoms with Crippen molar-refractivity contribution in [2.24, 2.45) is 0 Å². The van der Waals surface area contributed by atoms with E-state index in [9.17, 15) is 9.59 Å². The van der Waals surface area contributed by atoms with Gasteiger partial charge in [-0.25, -0.2) is 0 Å². The monoisotopic (exact) mass is 374 g/mol. The second-order valence-corrected chi connectivity index (χ2v) is 6.24. The van der Waals surface area contributed by atoms with Gasteiger partial charge in [-0.15, -0.1) is 0 Å². The molecule has 0 fully saturated rings. The molecule has 0 aliphatic heterocycles. The lowest BCUT2D eigenvalue weighted by Crippen LogP contribution is -2.27. The van der Waals surface area contributed by atoms with Crippen LogP contribution in [0.2, 0.25) is 0 Å². The first kappa shape index (κ1) is 17.2. The minimum Gasteiger partial charge on any atom is -0.355 e. The minimum absolute atomic E-state index is 0.0581. The van der Waals surface area contributed by atoms with Gasteiger partial charge in [0.2, 0.25) is 5.91 Å². The van der Waals surface area contributed by atoms with Gasteiger partial charge in [0.05, 0.1) is 6.42 Å². The normalized spacial score (nSPS) is 10.2. The smallest absolute Gasteiger partial charge is 0.251 e. The number of benzene rings is 2. The maximum atomic E-state index is 12.3. The van der Waals surface area contributed by atoms with Crippen LogP contribution in [0.4, 0.5) is 0 Å². The lowest BCUT2D eigenvalue weighted by Gasteiger charge is -2.17. The van der Waals surface area contributed by atoms with Gasteiger partial charge in [-0.2, -0.15) is 0 Å². The summed E-state index contributed by atoms with van der Waals surface area (Å²) in [5, 5.41) is 2.58. The number of carbonyl (C=O) groups excluding carboxylic acids is 2. The van der Waals surface area contributed by atoms with Crippen molar-refractivity contribution in [1.29, 1.82) is 0 Å². The van der Waals surface area contributed by atoms with E-state index < -0.39 is 0 Å². The SMILES string of the molecule is CNC(=O)c1ccc(CN(C)C(=O)Cc2ccc(Br)cc2)cc1. The number of hydrogen-bond donors (Lipinski definition) is 1. The summed E-state index contributed by atoms with van der Waals surface area (Å²) in [7, 11) is 3.39. The van der Waals surface area contributed by atoms with Crippen molar-refractivity contribution in [3.05, 3.63) is 69.7 Å². The van der Waals surface area contributed by atoms with Gasteiger partial charge in [0, 0.05) is 30.7 Å². The number of rotatable bonds is 5. The molecule has 4 nitrogen and oxygen atoms in total. The summed E-state index contributed by atoms with van der Waals surface area (Å²) in [6.45, 7) is 0.517. The zero-order valence-corrected chi connectivity index (χ0v) is 14.8. The average Bonchev–Trinajstić information content (AvgIpc) is 2.56. The van der Waals surface area contributed by atoms with E-state index in [1.54, 1.807) is 31.1 Å². The molecule has 1 N–H and O–H groups in total. The van der Waals surface area contributed by atoms with Gasteiger partial charge < -0.3 is 10.2 Å². The maximum Gasteiger partial charge on any atom is 0.251 e. The van der Waals surface area contributed by atoms with Crippen LogP contribution in [0.25, 0.3) is 0 Å². The van der Waals surface area contributed by atoms with Gasteiger partial charge in [-0.05, 0) is 35.4 Å². The van der Waals surface area contributed by atoms with Gasteiger partial charge in [-0.1, -0.05) is 40.2 Å². The van der Waals surface area contributed by atoms with Crippen LogP contribution in [0.5, 0.6) is 0 Å². The van der Waals surface area contributed by atoms with Crippen molar-refractivity contribution < 1.29 is 9.59 Å². The Morgan fingerprint density at radius 2 is 1.57 bits per heavy atom. The van der Waals surface area contributed by atoms with Gasteiger partial charge >= 0.3 is 0 Å². The third kappa shape index (κ3) is 4.93. The zero-order chi connectivity index (χ0) is 16.8. The largest absolute Gasteiger partial charge is 0.355 e. The Bertz CT molecular complexity index is 681. The Morgan fingerprint density at radius 3 is 2.13 bits per heavy atom. The van der Waals surface area contributed by atoms with E-state index in [0.717, 1.165) is 15.6 Å². The van der Waals surface area contributed by atoms with Crippen molar-refractivity contribution in [3.8, 4) is 0 Å². The zero-order valence-electron chi connectivity index (χ0n) is 13.2. The molecule has 0 saturated carbocycles. The highest BCUT2D eigenvalue weighted by Gasteiger charge is 2.11. The Hall–Kier alpha value is -2.14. The molecule has 0 spiro atoms. The molecule has 0 aromatic heterocycles. The molecule has 2 aromatic rings. The summed E-state index contributed by atoms with van der Waals surface area (Å²) in [5.41, 5.74) is 2.59. The fourth-order valence-electron chi connectivity index (χ4n) is 2.18. The van der Waals surface area contributed by atoms with Gasteiger partial charge in [0.1, 0.15) is 0 Å². The van der Waals surface area contributed by atoms with Gasteiger partial charge in [-0.3, -0.25) is 9.59 Å². The van der Waals surface area contributed by atoms with Crippen molar-refractivity contribution in [3.63, 3.8) is 0 Å². The van der Waals surface area contributed by atoms with E-state index in [-0.39, 0.29) is 11.8 Å². The third-order valence-corrected chi connectivity index (χ3v) is 4.09. The van der Waals surface area contributed by atoms with E-state index >= 15 is 0 Å². The number of nitrogens with zero attached hydrogens (tertiary/aromatic N) is 1. The van der Waals surface area contributed by atoms with Gasteiger partial charge in [0.25, 0.3) is 5.91 Å². The maximum absolute atomic E-state index is 12.3. The first-order valence-electron chi connectivity index (χ1n) is 7.29. The highest BCUT2D eigenvalue weighted by Crippen LogP contribution is 2.12. The van der Waals surface area contributed by atoms with Crippen molar-refractivity contribution in [1.82, 2.24) is 10.2 Å². The summed E-state index contributed by atoms with van der Waals surface area (Å²) in [5.74, 6) is -0.0566. The molecule has 0 saturated heterocycles. The fourth-order valence-corrected chi connectivity index (χ4v) is 2.44. The molecular weight excluding hydrogens is 356 g/mol. The summed E-state index contributed by atoms with van der Waals surface area (Å²) >= 11 is 3.38. The number of likely N-dealkylation sites (N-methyl/N-ethyl adjacent to an activating group) is 1. The molecule has 2 amide bonds. The first-order chi connectivity index (χ1) is 11.0. The van der Waals surface area contributed by atoms with Crippen LogP contribution >= 0.6 is 15.9 Å². The molecule has 23 heavy (non-hydrogen) atoms. The number of amides is 2. The molecule has 0 unspecified atom stereocenters. The van der Waals surface area contributed by atoms with Crippen molar-refractivity contribution in [2.75, 3.05) is 14.1 Å². The van der Waals surface area contributed by atoms with Crippen molar-refractivity contribution >= 4 is 27.7 Å². The summed E-state index contributed by atoms with van der Waals surface area (Å²) in [6, 6.07) is 15.0. The lowest BCUT2D eigenvalue weighted by molar-refractivity contribution is -0.129. The molecular formula is C18H19BrN2O2. The second-order valence-electron chi connectivity index (χ2n) is 5.33. The number of halogens is 1. The molecule has 0 bridgehead atoms. The van der Waals surface area contributed by atoms with E-state index in [2.05, 4.69) is 21.2 Å². The molecule has 2 rings (SSSR count). The molecule has 0 radical (unpaired) electrons. The average molecular weight is 375 g/mol. The molecule has 0 atom stereocenters. The fraction of sp³-hybridized carbons (Fsp3) is 0.222. The summed E-state index contributed by atoms with van der Waals surface area (Å²) < 4.78 is 0.998. The Balaban J connectivity index is 1.95.